The monoisotopic (exact) mass is 551 g/mol. The minimum absolute atomic E-state index is 0.156. The number of amides is 2. The van der Waals surface area contributed by atoms with Crippen LogP contribution in [0.4, 0.5) is 28.4 Å². The molecule has 3 N–H and O–H groups in total. The molecule has 4 aromatic rings. The number of benzene rings is 3. The number of aromatic nitrogens is 1. The molecule has 2 fully saturated rings. The Labute approximate surface area is 239 Å². The average molecular weight is 552 g/mol. The maximum absolute atomic E-state index is 12.8. The summed E-state index contributed by atoms with van der Waals surface area (Å²) in [6.45, 7) is 3.07. The number of piperidine rings is 1. The van der Waals surface area contributed by atoms with Crippen LogP contribution in [0.5, 0.6) is 0 Å². The Bertz CT molecular complexity index is 1500. The van der Waals surface area contributed by atoms with Crippen LogP contribution in [0, 0.1) is 0 Å². The highest BCUT2D eigenvalue weighted by Gasteiger charge is 2.39. The Kier molecular flexibility index (Phi) is 7.45. The molecule has 0 unspecified atom stereocenters. The molecule has 3 heterocycles. The van der Waals surface area contributed by atoms with Gasteiger partial charge in [-0.3, -0.25) is 9.59 Å². The molecule has 9 nitrogen and oxygen atoms in total. The van der Waals surface area contributed by atoms with Crippen LogP contribution >= 0.6 is 0 Å². The lowest BCUT2D eigenvalue weighted by atomic mass is 10.0. The lowest BCUT2D eigenvalue weighted by Gasteiger charge is -2.38. The number of anilines is 5. The Morgan fingerprint density at radius 3 is 1.78 bits per heavy atom. The Hall–Kier alpha value is -4.60. The second-order valence-corrected chi connectivity index (χ2v) is 10.3. The molecule has 2 saturated heterocycles. The largest absolute Gasteiger partial charge is 0.371 e. The van der Waals surface area contributed by atoms with E-state index in [1.165, 1.54) is 0 Å². The number of nitrogens with one attached hydrogen (secondary N) is 3. The van der Waals surface area contributed by atoms with Crippen LogP contribution in [0.3, 0.4) is 0 Å². The molecule has 2 aliphatic rings. The number of hydrogen-bond donors (Lipinski definition) is 3. The third-order valence-corrected chi connectivity index (χ3v) is 7.58. The van der Waals surface area contributed by atoms with Gasteiger partial charge in [-0.25, -0.2) is 0 Å². The molecule has 41 heavy (non-hydrogen) atoms. The van der Waals surface area contributed by atoms with Crippen LogP contribution in [0.25, 0.3) is 0 Å². The lowest BCUT2D eigenvalue weighted by molar-refractivity contribution is -0.169. The van der Waals surface area contributed by atoms with Crippen molar-refractivity contribution < 1.29 is 19.1 Å². The van der Waals surface area contributed by atoms with Gasteiger partial charge in [-0.05, 0) is 84.9 Å². The maximum Gasteiger partial charge on any atom is 0.272 e. The second-order valence-electron chi connectivity index (χ2n) is 10.3. The number of ether oxygens (including phenoxy) is 2. The van der Waals surface area contributed by atoms with Crippen molar-refractivity contribution in [3.63, 3.8) is 0 Å². The van der Waals surface area contributed by atoms with Gasteiger partial charge in [0.25, 0.3) is 11.8 Å². The van der Waals surface area contributed by atoms with E-state index in [9.17, 15) is 9.59 Å². The highest BCUT2D eigenvalue weighted by molar-refractivity contribution is 6.04. The van der Waals surface area contributed by atoms with Gasteiger partial charge in [0.15, 0.2) is 5.79 Å². The zero-order chi connectivity index (χ0) is 28.2. The number of carbonyl (C=O) groups excluding carboxylic acids is 2. The molecule has 2 aliphatic heterocycles. The van der Waals surface area contributed by atoms with Crippen molar-refractivity contribution in [2.45, 2.75) is 18.6 Å². The molecular weight excluding hydrogens is 518 g/mol. The van der Waals surface area contributed by atoms with Crippen molar-refractivity contribution in [1.82, 2.24) is 4.57 Å². The van der Waals surface area contributed by atoms with Crippen LogP contribution < -0.4 is 20.9 Å². The Morgan fingerprint density at radius 2 is 1.24 bits per heavy atom. The summed E-state index contributed by atoms with van der Waals surface area (Å²) in [4.78, 5) is 27.6. The van der Waals surface area contributed by atoms with Gasteiger partial charge in [0.2, 0.25) is 0 Å². The predicted octanol–water partition coefficient (Wildman–Crippen LogP) is 5.62. The SMILES string of the molecule is Cn1cccc1C(=O)Nc1ccc(Nc2ccc(NC(=O)c3ccc(N4CCC5(CC4)OCCO5)cc3)cc2)cc1. The van der Waals surface area contributed by atoms with Gasteiger partial charge in [0, 0.05) is 73.2 Å². The van der Waals surface area contributed by atoms with Gasteiger partial charge in [-0.2, -0.15) is 0 Å². The zero-order valence-corrected chi connectivity index (χ0v) is 22.9. The number of hydrogen-bond acceptors (Lipinski definition) is 6. The summed E-state index contributed by atoms with van der Waals surface area (Å²) < 4.78 is 13.4. The molecule has 210 valence electrons. The van der Waals surface area contributed by atoms with Gasteiger partial charge in [0.1, 0.15) is 5.69 Å². The molecule has 9 heteroatoms. The molecule has 0 saturated carbocycles. The Morgan fingerprint density at radius 1 is 0.707 bits per heavy atom. The smallest absolute Gasteiger partial charge is 0.272 e. The van der Waals surface area contributed by atoms with Crippen molar-refractivity contribution in [2.24, 2.45) is 7.05 Å². The number of rotatable bonds is 7. The molecule has 1 aromatic heterocycles. The van der Waals surface area contributed by atoms with E-state index in [4.69, 9.17) is 9.47 Å². The fraction of sp³-hybridized carbons (Fsp3) is 0.250. The summed E-state index contributed by atoms with van der Waals surface area (Å²) in [6.07, 6.45) is 3.53. The van der Waals surface area contributed by atoms with Gasteiger partial charge >= 0.3 is 0 Å². The highest BCUT2D eigenvalue weighted by atomic mass is 16.7. The lowest BCUT2D eigenvalue weighted by Crippen LogP contribution is -2.45. The second kappa shape index (κ2) is 11.5. The normalized spacial score (nSPS) is 16.0. The van der Waals surface area contributed by atoms with Crippen LogP contribution in [-0.4, -0.2) is 48.5 Å². The van der Waals surface area contributed by atoms with Gasteiger partial charge < -0.3 is 34.9 Å². The zero-order valence-electron chi connectivity index (χ0n) is 22.9. The van der Waals surface area contributed by atoms with Crippen LogP contribution in [0.1, 0.15) is 33.7 Å². The van der Waals surface area contributed by atoms with Crippen molar-refractivity contribution >= 4 is 40.3 Å². The van der Waals surface area contributed by atoms with E-state index in [0.717, 1.165) is 43.0 Å². The summed E-state index contributed by atoms with van der Waals surface area (Å²) in [5.41, 5.74) is 5.47. The first-order chi connectivity index (χ1) is 20.0. The summed E-state index contributed by atoms with van der Waals surface area (Å²) in [6, 6.07) is 26.4. The number of aryl methyl sites for hydroxylation is 1. The molecule has 0 aliphatic carbocycles. The van der Waals surface area contributed by atoms with E-state index in [1.54, 1.807) is 10.6 Å². The van der Waals surface area contributed by atoms with E-state index >= 15 is 0 Å². The first-order valence-electron chi connectivity index (χ1n) is 13.8. The maximum atomic E-state index is 12.8. The van der Waals surface area contributed by atoms with Crippen molar-refractivity contribution in [3.8, 4) is 0 Å². The first kappa shape index (κ1) is 26.6. The van der Waals surface area contributed by atoms with Crippen molar-refractivity contribution in [2.75, 3.05) is 47.2 Å². The van der Waals surface area contributed by atoms with E-state index < -0.39 is 5.79 Å². The quantitative estimate of drug-likeness (QED) is 0.276. The summed E-state index contributed by atoms with van der Waals surface area (Å²) in [7, 11) is 1.84. The average Bonchev–Trinajstić information content (AvgIpc) is 3.64. The highest BCUT2D eigenvalue weighted by Crippen LogP contribution is 2.33. The van der Waals surface area contributed by atoms with Crippen LogP contribution in [-0.2, 0) is 16.5 Å². The Balaban J connectivity index is 0.995. The topological polar surface area (TPSA) is 96.9 Å². The molecule has 6 rings (SSSR count). The number of carbonyl (C=O) groups is 2. The van der Waals surface area contributed by atoms with Crippen LogP contribution in [0.2, 0.25) is 0 Å². The fourth-order valence-corrected chi connectivity index (χ4v) is 5.25. The summed E-state index contributed by atoms with van der Waals surface area (Å²) >= 11 is 0. The van der Waals surface area contributed by atoms with Crippen molar-refractivity contribution in [3.05, 3.63) is 102 Å². The van der Waals surface area contributed by atoms with E-state index in [2.05, 4.69) is 20.9 Å². The molecular formula is C32H33N5O4. The first-order valence-corrected chi connectivity index (χ1v) is 13.8. The minimum Gasteiger partial charge on any atom is -0.371 e. The molecule has 0 atom stereocenters. The third-order valence-electron chi connectivity index (χ3n) is 7.58. The standard InChI is InChI=1S/C32H33N5O4/c1-36-18-2-3-29(36)31(39)35-27-12-8-25(9-13-27)33-24-6-10-26(11-7-24)34-30(38)23-4-14-28(15-5-23)37-19-16-32(17-20-37)40-21-22-41-32/h2-15,18,33H,16-17,19-22H2,1H3,(H,34,38)(H,35,39). The fourth-order valence-electron chi connectivity index (χ4n) is 5.25. The third kappa shape index (κ3) is 6.11. The summed E-state index contributed by atoms with van der Waals surface area (Å²) in [5, 5.41) is 9.21. The minimum atomic E-state index is -0.395. The molecule has 1 spiro atoms. The number of nitrogens with zero attached hydrogens (tertiary/aromatic N) is 2. The molecule has 0 radical (unpaired) electrons. The predicted molar refractivity (Wildman–Crippen MR) is 160 cm³/mol. The van der Waals surface area contributed by atoms with Gasteiger partial charge in [0.05, 0.1) is 13.2 Å². The summed E-state index contributed by atoms with van der Waals surface area (Å²) in [5.74, 6) is -0.708. The molecule has 0 bridgehead atoms. The molecule has 3 aromatic carbocycles. The molecule has 2 amide bonds. The van der Waals surface area contributed by atoms with E-state index in [1.807, 2.05) is 92.1 Å². The van der Waals surface area contributed by atoms with E-state index in [0.29, 0.717) is 35.8 Å². The van der Waals surface area contributed by atoms with Crippen LogP contribution in [0.15, 0.2) is 91.1 Å². The van der Waals surface area contributed by atoms with E-state index in [-0.39, 0.29) is 11.8 Å². The van der Waals surface area contributed by atoms with Gasteiger partial charge in [-0.15, -0.1) is 0 Å². The van der Waals surface area contributed by atoms with Gasteiger partial charge in [-0.1, -0.05) is 0 Å². The van der Waals surface area contributed by atoms with Crippen molar-refractivity contribution in [1.29, 1.82) is 0 Å².